The van der Waals surface area contributed by atoms with Gasteiger partial charge in [-0.2, -0.15) is 0 Å². The molecule has 2 N–H and O–H groups in total. The molecule has 0 aliphatic carbocycles. The molecule has 2 aromatic rings. The molecule has 28 heavy (non-hydrogen) atoms. The molecule has 6 nitrogen and oxygen atoms in total. The molecule has 148 valence electrons. The van der Waals surface area contributed by atoms with Crippen molar-refractivity contribution in [3.63, 3.8) is 0 Å². The number of hydrogen-bond acceptors (Lipinski definition) is 6. The van der Waals surface area contributed by atoms with E-state index in [-0.39, 0.29) is 18.5 Å². The number of hydrogen-bond donors (Lipinski definition) is 1. The fourth-order valence-electron chi connectivity index (χ4n) is 3.22. The number of rotatable bonds is 6. The van der Waals surface area contributed by atoms with Crippen molar-refractivity contribution in [1.29, 1.82) is 0 Å². The van der Waals surface area contributed by atoms with Crippen LogP contribution in [0, 0.1) is 5.92 Å². The molecule has 0 atom stereocenters. The Morgan fingerprint density at radius 3 is 2.57 bits per heavy atom. The van der Waals surface area contributed by atoms with E-state index in [1.165, 1.54) is 0 Å². The maximum atomic E-state index is 13.2. The van der Waals surface area contributed by atoms with E-state index < -0.39 is 0 Å². The number of benzene rings is 2. The molecule has 0 bridgehead atoms. The van der Waals surface area contributed by atoms with Crippen LogP contribution in [-0.4, -0.2) is 33.8 Å². The monoisotopic (exact) mass is 382 g/mol. The van der Waals surface area contributed by atoms with E-state index in [0.29, 0.717) is 34.1 Å². The van der Waals surface area contributed by atoms with Gasteiger partial charge in [-0.15, -0.1) is 0 Å². The summed E-state index contributed by atoms with van der Waals surface area (Å²) in [4.78, 5) is 15.1. The van der Waals surface area contributed by atoms with Gasteiger partial charge in [0.2, 0.25) is 12.5 Å². The Bertz CT molecular complexity index is 932. The van der Waals surface area contributed by atoms with Crippen LogP contribution >= 0.6 is 0 Å². The number of methoxy groups -OCH3 is 1. The van der Waals surface area contributed by atoms with Crippen molar-refractivity contribution < 1.29 is 19.0 Å². The zero-order chi connectivity index (χ0) is 20.4. The number of nitrogens with two attached hydrogens (primary N) is 1. The number of ether oxygens (including phenoxy) is 3. The van der Waals surface area contributed by atoms with E-state index in [0.717, 1.165) is 11.3 Å². The third-order valence-electron chi connectivity index (χ3n) is 4.70. The van der Waals surface area contributed by atoms with Crippen LogP contribution in [-0.2, 0) is 0 Å². The van der Waals surface area contributed by atoms with E-state index in [2.05, 4.69) is 0 Å². The number of nitrogens with zero attached hydrogens (tertiary/aromatic N) is 1. The highest BCUT2D eigenvalue weighted by Gasteiger charge is 2.23. The average molecular weight is 382 g/mol. The summed E-state index contributed by atoms with van der Waals surface area (Å²) >= 11 is 0. The molecule has 0 aromatic heterocycles. The number of carbonyl (C=O) groups is 1. The second kappa shape index (κ2) is 7.84. The highest BCUT2D eigenvalue weighted by atomic mass is 16.7. The van der Waals surface area contributed by atoms with Crippen LogP contribution in [0.1, 0.15) is 29.8 Å². The zero-order valence-electron chi connectivity index (χ0n) is 16.9. The fourth-order valence-corrected chi connectivity index (χ4v) is 3.22. The molecule has 0 spiro atoms. The lowest BCUT2D eigenvalue weighted by molar-refractivity contribution is 0.102. The van der Waals surface area contributed by atoms with Gasteiger partial charge >= 0.3 is 0 Å². The van der Waals surface area contributed by atoms with Gasteiger partial charge in [0.25, 0.3) is 0 Å². The quantitative estimate of drug-likeness (QED) is 0.463. The van der Waals surface area contributed by atoms with Crippen molar-refractivity contribution in [3.05, 3.63) is 47.0 Å². The summed E-state index contributed by atoms with van der Waals surface area (Å²) in [6.45, 7) is 4.13. The van der Waals surface area contributed by atoms with E-state index in [1.807, 2.05) is 57.1 Å². The third-order valence-corrected chi connectivity index (χ3v) is 4.70. The van der Waals surface area contributed by atoms with Crippen molar-refractivity contribution >= 4 is 23.2 Å². The highest BCUT2D eigenvalue weighted by molar-refractivity contribution is 6.12. The Kier molecular flexibility index (Phi) is 5.49. The van der Waals surface area contributed by atoms with Crippen molar-refractivity contribution in [1.82, 2.24) is 0 Å². The van der Waals surface area contributed by atoms with Crippen LogP contribution in [0.2, 0.25) is 0 Å². The summed E-state index contributed by atoms with van der Waals surface area (Å²) in [5.41, 5.74) is 9.56. The van der Waals surface area contributed by atoms with Gasteiger partial charge in [-0.1, -0.05) is 13.8 Å². The maximum Gasteiger partial charge on any atom is 0.231 e. The number of anilines is 2. The van der Waals surface area contributed by atoms with E-state index >= 15 is 0 Å². The van der Waals surface area contributed by atoms with Gasteiger partial charge in [0, 0.05) is 30.8 Å². The number of carbonyl (C=O) groups excluding carboxylic acids is 1. The van der Waals surface area contributed by atoms with Gasteiger partial charge in [-0.3, -0.25) is 4.79 Å². The van der Waals surface area contributed by atoms with Crippen LogP contribution < -0.4 is 24.8 Å². The number of Topliss-reactive ketones (excluding diaryl/α,β-unsaturated/α-hetero) is 1. The smallest absolute Gasteiger partial charge is 0.231 e. The summed E-state index contributed by atoms with van der Waals surface area (Å²) in [5, 5.41) is 0. The number of allylic oxidation sites excluding steroid dienone is 1. The largest absolute Gasteiger partial charge is 0.492 e. The van der Waals surface area contributed by atoms with Gasteiger partial charge in [-0.05, 0) is 42.3 Å². The van der Waals surface area contributed by atoms with Crippen molar-refractivity contribution in [2.24, 2.45) is 5.92 Å². The van der Waals surface area contributed by atoms with Crippen LogP contribution in [0.3, 0.4) is 0 Å². The summed E-state index contributed by atoms with van der Waals surface area (Å²) < 4.78 is 16.4. The minimum Gasteiger partial charge on any atom is -0.492 e. The van der Waals surface area contributed by atoms with Crippen LogP contribution in [0.5, 0.6) is 17.2 Å². The molecule has 0 saturated heterocycles. The molecule has 1 aliphatic rings. The minimum absolute atomic E-state index is 0.0115. The summed E-state index contributed by atoms with van der Waals surface area (Å²) in [6, 6.07) is 9.09. The molecular weight excluding hydrogens is 356 g/mol. The van der Waals surface area contributed by atoms with Gasteiger partial charge in [0.15, 0.2) is 17.3 Å². The third kappa shape index (κ3) is 3.63. The standard InChI is InChI=1S/C22H26N2O4/c1-13(2)16(20(25)14-6-8-18(24(3)4)17(23)11-14)10-15-7-9-19-22(21(15)26-5)28-12-27-19/h6-11,13H,12,23H2,1-5H3/b16-10+. The van der Waals surface area contributed by atoms with Gasteiger partial charge in [0.05, 0.1) is 18.5 Å². The van der Waals surface area contributed by atoms with E-state index in [9.17, 15) is 4.79 Å². The second-order valence-electron chi connectivity index (χ2n) is 7.17. The van der Waals surface area contributed by atoms with E-state index in [4.69, 9.17) is 19.9 Å². The number of fused-ring (bicyclic) bond motifs is 1. The Labute approximate surface area is 165 Å². The predicted octanol–water partition coefficient (Wildman–Crippen LogP) is 3.99. The first-order valence-corrected chi connectivity index (χ1v) is 9.13. The van der Waals surface area contributed by atoms with Crippen LogP contribution in [0.15, 0.2) is 35.9 Å². The first kappa shape index (κ1) is 19.6. The molecule has 2 aromatic carbocycles. The van der Waals surface area contributed by atoms with Crippen LogP contribution in [0.4, 0.5) is 11.4 Å². The highest BCUT2D eigenvalue weighted by Crippen LogP contribution is 2.44. The topological polar surface area (TPSA) is 74.0 Å². The predicted molar refractivity (Wildman–Crippen MR) is 111 cm³/mol. The Morgan fingerprint density at radius 2 is 1.96 bits per heavy atom. The molecule has 0 radical (unpaired) electrons. The Hall–Kier alpha value is -3.15. The summed E-state index contributed by atoms with van der Waals surface area (Å²) in [7, 11) is 5.41. The lowest BCUT2D eigenvalue weighted by atomic mass is 9.91. The van der Waals surface area contributed by atoms with Crippen molar-refractivity contribution in [2.45, 2.75) is 13.8 Å². The van der Waals surface area contributed by atoms with E-state index in [1.54, 1.807) is 19.2 Å². The van der Waals surface area contributed by atoms with Crippen LogP contribution in [0.25, 0.3) is 6.08 Å². The lowest BCUT2D eigenvalue weighted by Gasteiger charge is -2.17. The maximum absolute atomic E-state index is 13.2. The molecule has 1 heterocycles. The average Bonchev–Trinajstić information content (AvgIpc) is 3.13. The first-order valence-electron chi connectivity index (χ1n) is 9.13. The number of ketones is 1. The number of nitrogen functional groups attached to an aromatic ring is 1. The van der Waals surface area contributed by atoms with Gasteiger partial charge in [-0.25, -0.2) is 0 Å². The van der Waals surface area contributed by atoms with Gasteiger partial charge < -0.3 is 24.8 Å². The molecule has 6 heteroatoms. The first-order chi connectivity index (χ1) is 13.3. The minimum atomic E-state index is -0.0632. The molecule has 0 amide bonds. The molecule has 1 aliphatic heterocycles. The normalized spacial score (nSPS) is 13.0. The Morgan fingerprint density at radius 1 is 1.21 bits per heavy atom. The Balaban J connectivity index is 2.03. The lowest BCUT2D eigenvalue weighted by Crippen LogP contribution is -2.13. The molecular formula is C22H26N2O4. The second-order valence-corrected chi connectivity index (χ2v) is 7.17. The summed E-state index contributed by atoms with van der Waals surface area (Å²) in [6.07, 6.45) is 1.85. The zero-order valence-corrected chi connectivity index (χ0v) is 16.9. The summed E-state index contributed by atoms with van der Waals surface area (Å²) in [5.74, 6) is 1.71. The molecule has 0 unspecified atom stereocenters. The molecule has 3 rings (SSSR count). The fraction of sp³-hybridized carbons (Fsp3) is 0.318. The van der Waals surface area contributed by atoms with Crippen molar-refractivity contribution in [3.8, 4) is 17.2 Å². The molecule has 0 fully saturated rings. The van der Waals surface area contributed by atoms with Crippen molar-refractivity contribution in [2.75, 3.05) is 38.6 Å². The SMILES string of the molecule is COc1c(/C=C(/C(=O)c2ccc(N(C)C)c(N)c2)C(C)C)ccc2c1OCO2. The molecule has 0 saturated carbocycles. The van der Waals surface area contributed by atoms with Gasteiger partial charge in [0.1, 0.15) is 0 Å².